The summed E-state index contributed by atoms with van der Waals surface area (Å²) in [5.74, 6) is -0.240. The summed E-state index contributed by atoms with van der Waals surface area (Å²) >= 11 is 0. The zero-order valence-corrected chi connectivity index (χ0v) is 15.0. The van der Waals surface area contributed by atoms with Crippen LogP contribution < -0.4 is 10.1 Å². The number of hydrogen-bond donors (Lipinski definition) is 2. The van der Waals surface area contributed by atoms with Crippen LogP contribution >= 0.6 is 12.4 Å². The molecule has 128 valence electrons. The first-order chi connectivity index (χ1) is 9.59. The van der Waals surface area contributed by atoms with Gasteiger partial charge in [0.2, 0.25) is 0 Å². The number of benzene rings is 1. The molecule has 0 spiro atoms. The van der Waals surface area contributed by atoms with Crippen LogP contribution in [0.25, 0.3) is 0 Å². The predicted octanol–water partition coefficient (Wildman–Crippen LogP) is 3.79. The van der Waals surface area contributed by atoms with E-state index in [9.17, 15) is 9.50 Å². The molecule has 0 fully saturated rings. The topological polar surface area (TPSA) is 41.5 Å². The van der Waals surface area contributed by atoms with E-state index in [0.717, 1.165) is 6.42 Å². The summed E-state index contributed by atoms with van der Waals surface area (Å²) in [5, 5.41) is 13.3. The molecule has 0 aromatic heterocycles. The van der Waals surface area contributed by atoms with Crippen molar-refractivity contribution in [2.24, 2.45) is 5.41 Å². The minimum atomic E-state index is -0.677. The fraction of sp³-hybridized carbons (Fsp3) is 0.647. The highest BCUT2D eigenvalue weighted by Gasteiger charge is 2.25. The Balaban J connectivity index is 0.00000441. The first-order valence-corrected chi connectivity index (χ1v) is 7.39. The van der Waals surface area contributed by atoms with E-state index < -0.39 is 11.9 Å². The van der Waals surface area contributed by atoms with Crippen molar-refractivity contribution >= 4 is 12.4 Å². The molecule has 1 atom stereocenters. The standard InChI is InChI=1S/C17H28FNO2.ClH/c1-16(2,3)12-17(4,5)19-10-13(20)11-21-15-9-7-6-8-14(15)18;/h6-9,13,19-20H,10-12H2,1-5H3;1H. The summed E-state index contributed by atoms with van der Waals surface area (Å²) in [7, 11) is 0. The van der Waals surface area contributed by atoms with E-state index in [1.165, 1.54) is 6.07 Å². The van der Waals surface area contributed by atoms with E-state index in [1.807, 2.05) is 0 Å². The van der Waals surface area contributed by atoms with Crippen LogP contribution in [0.1, 0.15) is 41.0 Å². The van der Waals surface area contributed by atoms with Crippen LogP contribution in [0, 0.1) is 11.2 Å². The Morgan fingerprint density at radius 3 is 2.32 bits per heavy atom. The van der Waals surface area contributed by atoms with Gasteiger partial charge in [-0.1, -0.05) is 32.9 Å². The Hall–Kier alpha value is -0.840. The van der Waals surface area contributed by atoms with Crippen LogP contribution in [0.5, 0.6) is 5.75 Å². The van der Waals surface area contributed by atoms with Gasteiger partial charge in [-0.15, -0.1) is 12.4 Å². The van der Waals surface area contributed by atoms with Crippen molar-refractivity contribution in [2.75, 3.05) is 13.2 Å². The highest BCUT2D eigenvalue weighted by molar-refractivity contribution is 5.85. The molecule has 1 aromatic carbocycles. The number of para-hydroxylation sites is 1. The van der Waals surface area contributed by atoms with Crippen LogP contribution in [0.3, 0.4) is 0 Å². The van der Waals surface area contributed by atoms with Crippen molar-refractivity contribution in [3.8, 4) is 5.75 Å². The molecule has 5 heteroatoms. The van der Waals surface area contributed by atoms with Crippen molar-refractivity contribution in [3.05, 3.63) is 30.1 Å². The third-order valence-corrected chi connectivity index (χ3v) is 3.06. The van der Waals surface area contributed by atoms with E-state index in [4.69, 9.17) is 4.74 Å². The highest BCUT2D eigenvalue weighted by atomic mass is 35.5. The predicted molar refractivity (Wildman–Crippen MR) is 91.3 cm³/mol. The summed E-state index contributed by atoms with van der Waals surface area (Å²) in [6.07, 6.45) is 0.310. The molecule has 0 aliphatic carbocycles. The number of β-amino-alcohol motifs (C(OH)–C–C–N with tert-alkyl or cyclic N) is 1. The first-order valence-electron chi connectivity index (χ1n) is 7.39. The van der Waals surface area contributed by atoms with E-state index >= 15 is 0 Å². The molecule has 0 amide bonds. The monoisotopic (exact) mass is 333 g/mol. The lowest BCUT2D eigenvalue weighted by atomic mass is 9.82. The second-order valence-corrected chi connectivity index (χ2v) is 7.40. The number of nitrogens with one attached hydrogen (secondary N) is 1. The lowest BCUT2D eigenvalue weighted by Crippen LogP contribution is -2.46. The fourth-order valence-corrected chi connectivity index (χ4v) is 2.59. The van der Waals surface area contributed by atoms with E-state index in [1.54, 1.807) is 18.2 Å². The van der Waals surface area contributed by atoms with Crippen molar-refractivity contribution < 1.29 is 14.2 Å². The minimum Gasteiger partial charge on any atom is -0.488 e. The fourth-order valence-electron chi connectivity index (χ4n) is 2.59. The summed E-state index contributed by atoms with van der Waals surface area (Å²) < 4.78 is 18.7. The molecule has 0 radical (unpaired) electrons. The van der Waals surface area contributed by atoms with Crippen molar-refractivity contribution in [3.63, 3.8) is 0 Å². The Labute approximate surface area is 139 Å². The Bertz CT molecular complexity index is 447. The maximum atomic E-state index is 13.4. The zero-order chi connectivity index (χ0) is 16.1. The molecule has 0 saturated carbocycles. The van der Waals surface area contributed by atoms with E-state index in [0.29, 0.717) is 6.54 Å². The van der Waals surface area contributed by atoms with Gasteiger partial charge in [0, 0.05) is 12.1 Å². The Morgan fingerprint density at radius 2 is 1.77 bits per heavy atom. The number of rotatable bonds is 7. The average Bonchev–Trinajstić information content (AvgIpc) is 2.33. The first kappa shape index (κ1) is 21.2. The van der Waals surface area contributed by atoms with Crippen LogP contribution in [-0.4, -0.2) is 29.9 Å². The molecular weight excluding hydrogens is 305 g/mol. The van der Waals surface area contributed by atoms with Crippen molar-refractivity contribution in [2.45, 2.75) is 52.7 Å². The van der Waals surface area contributed by atoms with Crippen LogP contribution in [0.2, 0.25) is 0 Å². The summed E-state index contributed by atoms with van der Waals surface area (Å²) in [4.78, 5) is 0. The van der Waals surface area contributed by atoms with Gasteiger partial charge in [0.05, 0.1) is 0 Å². The molecule has 1 aromatic rings. The molecule has 0 aliphatic rings. The number of hydrogen-bond acceptors (Lipinski definition) is 3. The van der Waals surface area contributed by atoms with Gasteiger partial charge in [-0.05, 0) is 37.8 Å². The number of aliphatic hydroxyl groups excluding tert-OH is 1. The van der Waals surface area contributed by atoms with Crippen molar-refractivity contribution in [1.82, 2.24) is 5.32 Å². The van der Waals surface area contributed by atoms with Gasteiger partial charge in [0.1, 0.15) is 12.7 Å². The largest absolute Gasteiger partial charge is 0.488 e. The number of aliphatic hydroxyl groups is 1. The van der Waals surface area contributed by atoms with Crippen LogP contribution in [0.15, 0.2) is 24.3 Å². The smallest absolute Gasteiger partial charge is 0.165 e. The molecule has 1 unspecified atom stereocenters. The zero-order valence-electron chi connectivity index (χ0n) is 14.1. The summed E-state index contributed by atoms with van der Waals surface area (Å²) in [5.41, 5.74) is 0.141. The normalized spacial score (nSPS) is 13.4. The summed E-state index contributed by atoms with van der Waals surface area (Å²) in [6, 6.07) is 6.20. The van der Waals surface area contributed by atoms with Gasteiger partial charge in [-0.25, -0.2) is 4.39 Å². The number of ether oxygens (including phenoxy) is 1. The molecule has 0 heterocycles. The molecule has 0 saturated heterocycles. The molecule has 3 nitrogen and oxygen atoms in total. The van der Waals surface area contributed by atoms with Crippen LogP contribution in [0.4, 0.5) is 4.39 Å². The highest BCUT2D eigenvalue weighted by Crippen LogP contribution is 2.26. The Kier molecular flexibility index (Phi) is 8.37. The number of halogens is 2. The summed E-state index contributed by atoms with van der Waals surface area (Å²) in [6.45, 7) is 11.3. The quantitative estimate of drug-likeness (QED) is 0.797. The lowest BCUT2D eigenvalue weighted by molar-refractivity contribution is 0.0925. The molecule has 0 bridgehead atoms. The Morgan fingerprint density at radius 1 is 1.18 bits per heavy atom. The third kappa shape index (κ3) is 8.57. The van der Waals surface area contributed by atoms with Crippen LogP contribution in [-0.2, 0) is 0 Å². The maximum absolute atomic E-state index is 13.4. The van der Waals surface area contributed by atoms with E-state index in [-0.39, 0.29) is 35.7 Å². The third-order valence-electron chi connectivity index (χ3n) is 3.06. The van der Waals surface area contributed by atoms with Gasteiger partial charge in [0.25, 0.3) is 0 Å². The second kappa shape index (κ2) is 8.70. The second-order valence-electron chi connectivity index (χ2n) is 7.40. The molecule has 1 rings (SSSR count). The SMILES string of the molecule is CC(C)(C)CC(C)(C)NCC(O)COc1ccccc1F.Cl. The van der Waals surface area contributed by atoms with Gasteiger partial charge < -0.3 is 15.2 Å². The van der Waals surface area contributed by atoms with E-state index in [2.05, 4.69) is 39.9 Å². The lowest BCUT2D eigenvalue weighted by Gasteiger charge is -2.34. The van der Waals surface area contributed by atoms with Gasteiger partial charge in [0.15, 0.2) is 11.6 Å². The maximum Gasteiger partial charge on any atom is 0.165 e. The minimum absolute atomic E-state index is 0. The van der Waals surface area contributed by atoms with Gasteiger partial charge >= 0.3 is 0 Å². The molecular formula is C17H29ClFNO2. The van der Waals surface area contributed by atoms with Gasteiger partial charge in [-0.3, -0.25) is 0 Å². The molecule has 2 N–H and O–H groups in total. The van der Waals surface area contributed by atoms with Gasteiger partial charge in [-0.2, -0.15) is 0 Å². The average molecular weight is 334 g/mol. The van der Waals surface area contributed by atoms with Crippen molar-refractivity contribution in [1.29, 1.82) is 0 Å². The molecule has 22 heavy (non-hydrogen) atoms. The molecule has 0 aliphatic heterocycles.